The van der Waals surface area contributed by atoms with Crippen LogP contribution in [0.4, 0.5) is 0 Å². The lowest BCUT2D eigenvalue weighted by atomic mass is 9.92. The average Bonchev–Trinajstić information content (AvgIpc) is 2.77. The molecule has 0 saturated heterocycles. The summed E-state index contributed by atoms with van der Waals surface area (Å²) in [5, 5.41) is 6.84. The zero-order valence-electron chi connectivity index (χ0n) is 17.5. The van der Waals surface area contributed by atoms with Gasteiger partial charge in [0.15, 0.2) is 0 Å². The van der Waals surface area contributed by atoms with Crippen LogP contribution < -0.4 is 15.8 Å². The summed E-state index contributed by atoms with van der Waals surface area (Å²) in [5.74, 6) is -1.35. The Balaban J connectivity index is 1.68. The number of hydrogen-bond acceptors (Lipinski definition) is 4. The molecular formula is C26H22N2O4. The molecule has 0 aromatic heterocycles. The van der Waals surface area contributed by atoms with Crippen LogP contribution in [-0.4, -0.2) is 23.8 Å². The molecule has 4 aromatic rings. The molecule has 0 bridgehead atoms. The molecule has 0 unspecified atom stereocenters. The Morgan fingerprint density at radius 1 is 0.875 bits per heavy atom. The lowest BCUT2D eigenvalue weighted by Gasteiger charge is -2.19. The number of esters is 1. The molecule has 0 radical (unpaired) electrons. The number of ether oxygens (including phenoxy) is 1. The third-order valence-electron chi connectivity index (χ3n) is 5.30. The second-order valence-corrected chi connectivity index (χ2v) is 7.55. The third kappa shape index (κ3) is 4.44. The fourth-order valence-corrected chi connectivity index (χ4v) is 3.86. The molecule has 0 fully saturated rings. The van der Waals surface area contributed by atoms with Crippen molar-refractivity contribution >= 4 is 39.3 Å². The number of primary amides is 1. The summed E-state index contributed by atoms with van der Waals surface area (Å²) in [6, 6.07) is 23.2. The van der Waals surface area contributed by atoms with Gasteiger partial charge in [0.05, 0.1) is 0 Å². The fourth-order valence-electron chi connectivity index (χ4n) is 3.86. The highest BCUT2D eigenvalue weighted by atomic mass is 16.5. The van der Waals surface area contributed by atoms with Gasteiger partial charge in [0.1, 0.15) is 11.8 Å². The van der Waals surface area contributed by atoms with Gasteiger partial charge in [-0.1, -0.05) is 54.6 Å². The molecule has 4 rings (SSSR count). The zero-order chi connectivity index (χ0) is 22.7. The summed E-state index contributed by atoms with van der Waals surface area (Å²) in [6.45, 7) is 1.28. The molecular weight excluding hydrogens is 404 g/mol. The number of carbonyl (C=O) groups is 3. The van der Waals surface area contributed by atoms with Crippen molar-refractivity contribution in [2.45, 2.75) is 19.4 Å². The van der Waals surface area contributed by atoms with Gasteiger partial charge in [0.2, 0.25) is 5.91 Å². The number of rotatable bonds is 6. The second-order valence-electron chi connectivity index (χ2n) is 7.55. The first kappa shape index (κ1) is 21.1. The van der Waals surface area contributed by atoms with Crippen LogP contribution in [0.5, 0.6) is 5.75 Å². The van der Waals surface area contributed by atoms with E-state index in [1.807, 2.05) is 48.5 Å². The number of amides is 2. The van der Waals surface area contributed by atoms with Gasteiger partial charge in [-0.05, 0) is 51.4 Å². The highest BCUT2D eigenvalue weighted by Crippen LogP contribution is 2.29. The van der Waals surface area contributed by atoms with Crippen LogP contribution in [0.25, 0.3) is 21.5 Å². The van der Waals surface area contributed by atoms with Gasteiger partial charge >= 0.3 is 5.97 Å². The van der Waals surface area contributed by atoms with Gasteiger partial charge in [-0.3, -0.25) is 14.4 Å². The van der Waals surface area contributed by atoms with Crippen LogP contribution in [0.15, 0.2) is 78.9 Å². The first-order chi connectivity index (χ1) is 15.4. The molecule has 6 heteroatoms. The van der Waals surface area contributed by atoms with Gasteiger partial charge in [-0.15, -0.1) is 0 Å². The van der Waals surface area contributed by atoms with Gasteiger partial charge in [-0.25, -0.2) is 0 Å². The zero-order valence-corrected chi connectivity index (χ0v) is 17.5. The van der Waals surface area contributed by atoms with Crippen LogP contribution in [0.3, 0.4) is 0 Å². The molecule has 1 atom stereocenters. The molecule has 0 aliphatic rings. The summed E-state index contributed by atoms with van der Waals surface area (Å²) in [7, 11) is 0. The molecule has 3 N–H and O–H groups in total. The minimum atomic E-state index is -0.922. The predicted octanol–water partition coefficient (Wildman–Crippen LogP) is 3.74. The number of hydrogen-bond donors (Lipinski definition) is 2. The van der Waals surface area contributed by atoms with Crippen LogP contribution in [0, 0.1) is 0 Å². The van der Waals surface area contributed by atoms with Gasteiger partial charge in [0, 0.05) is 18.9 Å². The number of fused-ring (bicyclic) bond motifs is 2. The Morgan fingerprint density at radius 2 is 1.50 bits per heavy atom. The maximum atomic E-state index is 12.9. The monoisotopic (exact) mass is 426 g/mol. The average molecular weight is 426 g/mol. The summed E-state index contributed by atoms with van der Waals surface area (Å²) in [6.07, 6.45) is 0.243. The molecule has 0 aliphatic carbocycles. The molecule has 0 heterocycles. The minimum Gasteiger partial charge on any atom is -0.427 e. The SMILES string of the molecule is CC(=O)Oc1cccc(C(=O)N[C@@H](Cc2c3ccccc3cc3ccccc23)C(N)=O)c1. The van der Waals surface area contributed by atoms with E-state index in [1.54, 1.807) is 18.2 Å². The van der Waals surface area contributed by atoms with E-state index in [1.165, 1.54) is 13.0 Å². The van der Waals surface area contributed by atoms with E-state index in [2.05, 4.69) is 11.4 Å². The van der Waals surface area contributed by atoms with Crippen molar-refractivity contribution in [2.75, 3.05) is 0 Å². The summed E-state index contributed by atoms with van der Waals surface area (Å²) in [5.41, 5.74) is 6.87. The van der Waals surface area contributed by atoms with Crippen molar-refractivity contribution in [3.05, 3.63) is 90.0 Å². The molecule has 32 heavy (non-hydrogen) atoms. The molecule has 4 aromatic carbocycles. The van der Waals surface area contributed by atoms with E-state index in [-0.39, 0.29) is 17.7 Å². The first-order valence-electron chi connectivity index (χ1n) is 10.2. The molecule has 2 amide bonds. The van der Waals surface area contributed by atoms with Crippen molar-refractivity contribution in [1.29, 1.82) is 0 Å². The third-order valence-corrected chi connectivity index (χ3v) is 5.30. The Kier molecular flexibility index (Phi) is 5.85. The second kappa shape index (κ2) is 8.89. The van der Waals surface area contributed by atoms with Crippen molar-refractivity contribution in [2.24, 2.45) is 5.73 Å². The number of carbonyl (C=O) groups excluding carboxylic acids is 3. The molecule has 0 saturated carbocycles. The maximum Gasteiger partial charge on any atom is 0.308 e. The predicted molar refractivity (Wildman–Crippen MR) is 123 cm³/mol. The Hall–Kier alpha value is -4.19. The lowest BCUT2D eigenvalue weighted by Crippen LogP contribution is -2.45. The number of benzene rings is 4. The van der Waals surface area contributed by atoms with E-state index in [4.69, 9.17) is 10.5 Å². The van der Waals surface area contributed by atoms with E-state index in [0.717, 1.165) is 27.1 Å². The van der Waals surface area contributed by atoms with Gasteiger partial charge in [-0.2, -0.15) is 0 Å². The molecule has 160 valence electrons. The number of nitrogens with two attached hydrogens (primary N) is 1. The van der Waals surface area contributed by atoms with Crippen LogP contribution in [-0.2, 0) is 16.0 Å². The smallest absolute Gasteiger partial charge is 0.308 e. The van der Waals surface area contributed by atoms with E-state index in [9.17, 15) is 14.4 Å². The van der Waals surface area contributed by atoms with Crippen molar-refractivity contribution in [1.82, 2.24) is 5.32 Å². The van der Waals surface area contributed by atoms with E-state index in [0.29, 0.717) is 0 Å². The number of nitrogens with one attached hydrogen (secondary N) is 1. The van der Waals surface area contributed by atoms with Crippen molar-refractivity contribution < 1.29 is 19.1 Å². The molecule has 6 nitrogen and oxygen atoms in total. The largest absolute Gasteiger partial charge is 0.427 e. The van der Waals surface area contributed by atoms with E-state index < -0.39 is 23.8 Å². The van der Waals surface area contributed by atoms with Gasteiger partial charge in [0.25, 0.3) is 5.91 Å². The highest BCUT2D eigenvalue weighted by molar-refractivity contribution is 6.03. The normalized spacial score (nSPS) is 11.8. The Morgan fingerprint density at radius 3 is 2.09 bits per heavy atom. The Bertz CT molecular complexity index is 1290. The molecule has 0 aliphatic heterocycles. The minimum absolute atomic E-state index is 0.243. The Labute approximate surface area is 185 Å². The maximum absolute atomic E-state index is 12.9. The highest BCUT2D eigenvalue weighted by Gasteiger charge is 2.22. The van der Waals surface area contributed by atoms with Crippen molar-refractivity contribution in [3.8, 4) is 5.75 Å². The van der Waals surface area contributed by atoms with Gasteiger partial charge < -0.3 is 15.8 Å². The fraction of sp³-hybridized carbons (Fsp3) is 0.115. The van der Waals surface area contributed by atoms with Crippen LogP contribution in [0.2, 0.25) is 0 Å². The van der Waals surface area contributed by atoms with Crippen LogP contribution >= 0.6 is 0 Å². The first-order valence-corrected chi connectivity index (χ1v) is 10.2. The summed E-state index contributed by atoms with van der Waals surface area (Å²) < 4.78 is 5.04. The topological polar surface area (TPSA) is 98.5 Å². The molecule has 0 spiro atoms. The summed E-state index contributed by atoms with van der Waals surface area (Å²) >= 11 is 0. The quantitative estimate of drug-likeness (QED) is 0.279. The standard InChI is InChI=1S/C26H22N2O4/c1-16(29)32-20-10-6-9-19(14-20)26(31)28-24(25(27)30)15-23-21-11-4-2-7-17(21)13-18-8-3-5-12-22(18)23/h2-14,24H,15H2,1H3,(H2,27,30)(H,28,31)/t24-/m0/s1. The lowest BCUT2D eigenvalue weighted by molar-refractivity contribution is -0.131. The van der Waals surface area contributed by atoms with Crippen LogP contribution in [0.1, 0.15) is 22.8 Å². The van der Waals surface area contributed by atoms with Crippen molar-refractivity contribution in [3.63, 3.8) is 0 Å². The summed E-state index contributed by atoms with van der Waals surface area (Å²) in [4.78, 5) is 36.3. The van der Waals surface area contributed by atoms with E-state index >= 15 is 0 Å².